The Morgan fingerprint density at radius 1 is 1.26 bits per heavy atom. The highest BCUT2D eigenvalue weighted by Gasteiger charge is 2.17. The lowest BCUT2D eigenvalue weighted by Crippen LogP contribution is -2.23. The first-order chi connectivity index (χ1) is 10.4. The number of hydrogen-bond acceptors (Lipinski definition) is 4. The molecule has 0 bridgehead atoms. The van der Waals surface area contributed by atoms with Crippen LogP contribution in [0.5, 0.6) is 0 Å². The highest BCUT2D eigenvalue weighted by molar-refractivity contribution is 7.88. The van der Waals surface area contributed by atoms with E-state index in [0.717, 1.165) is 29.7 Å². The molecular weight excluding hydrogens is 340 g/mol. The van der Waals surface area contributed by atoms with Crippen LogP contribution in [0.1, 0.15) is 18.5 Å². The van der Waals surface area contributed by atoms with E-state index in [1.54, 1.807) is 4.57 Å². The molecule has 0 amide bonds. The molecule has 0 saturated carbocycles. The number of halogens is 1. The van der Waals surface area contributed by atoms with E-state index in [2.05, 4.69) is 9.71 Å². The fraction of sp³-hybridized carbons (Fsp3) is 0.429. The lowest BCUT2D eigenvalue weighted by molar-refractivity contribution is 0.571. The predicted molar refractivity (Wildman–Crippen MR) is 92.2 cm³/mol. The fourth-order valence-electron chi connectivity index (χ4n) is 2.75. The molecule has 0 spiro atoms. The van der Waals surface area contributed by atoms with Gasteiger partial charge in [-0.05, 0) is 31.9 Å². The Balaban J connectivity index is 0.00000192. The third kappa shape index (κ3) is 3.34. The summed E-state index contributed by atoms with van der Waals surface area (Å²) in [6, 6.07) is 5.67. The van der Waals surface area contributed by atoms with Crippen molar-refractivity contribution in [1.82, 2.24) is 18.7 Å². The number of imidazole rings is 2. The van der Waals surface area contributed by atoms with Crippen molar-refractivity contribution in [3.05, 3.63) is 34.2 Å². The topological polar surface area (TPSA) is 85.5 Å². The number of rotatable bonds is 6. The molecule has 3 rings (SSSR count). The molecule has 0 aliphatic heterocycles. The van der Waals surface area contributed by atoms with Crippen LogP contribution in [0, 0.1) is 6.92 Å². The molecule has 3 aromatic rings. The number of unbranched alkanes of at least 4 members (excludes halogenated alkanes) is 1. The van der Waals surface area contributed by atoms with Gasteiger partial charge < -0.3 is 0 Å². The first kappa shape index (κ1) is 17.7. The van der Waals surface area contributed by atoms with Gasteiger partial charge in [-0.1, -0.05) is 6.07 Å². The molecule has 0 unspecified atom stereocenters. The molecule has 9 heteroatoms. The third-order valence-electron chi connectivity index (χ3n) is 3.69. The summed E-state index contributed by atoms with van der Waals surface area (Å²) in [7, 11) is -3.15. The van der Waals surface area contributed by atoms with E-state index < -0.39 is 10.0 Å². The molecule has 3 heterocycles. The molecule has 126 valence electrons. The number of pyridine rings is 1. The number of aryl methyl sites for hydroxylation is 2. The quantitative estimate of drug-likeness (QED) is 0.670. The van der Waals surface area contributed by atoms with Crippen LogP contribution in [0.15, 0.2) is 23.0 Å². The van der Waals surface area contributed by atoms with Gasteiger partial charge in [0.25, 0.3) is 5.56 Å². The summed E-state index contributed by atoms with van der Waals surface area (Å²) in [5, 5.41) is 0. The normalized spacial score (nSPS) is 12.1. The summed E-state index contributed by atoms with van der Waals surface area (Å²) < 4.78 is 28.1. The molecular formula is C14H19ClN4O3S. The van der Waals surface area contributed by atoms with Crippen LogP contribution in [-0.2, 0) is 16.6 Å². The van der Waals surface area contributed by atoms with Gasteiger partial charge in [-0.3, -0.25) is 13.8 Å². The number of aromatic nitrogens is 3. The smallest absolute Gasteiger partial charge is 0.278 e. The summed E-state index contributed by atoms with van der Waals surface area (Å²) in [5.74, 6) is 0. The van der Waals surface area contributed by atoms with Gasteiger partial charge >= 0.3 is 0 Å². The minimum Gasteiger partial charge on any atom is -0.292 e. The van der Waals surface area contributed by atoms with Gasteiger partial charge in [0.1, 0.15) is 16.8 Å². The molecule has 23 heavy (non-hydrogen) atoms. The number of nitrogens with zero attached hydrogens (tertiary/aromatic N) is 3. The highest BCUT2D eigenvalue weighted by Crippen LogP contribution is 2.17. The van der Waals surface area contributed by atoms with Crippen molar-refractivity contribution in [2.75, 3.05) is 12.8 Å². The third-order valence-corrected chi connectivity index (χ3v) is 4.42. The van der Waals surface area contributed by atoms with Crippen LogP contribution >= 0.6 is 12.4 Å². The van der Waals surface area contributed by atoms with E-state index in [0.29, 0.717) is 25.0 Å². The molecule has 0 aliphatic rings. The summed E-state index contributed by atoms with van der Waals surface area (Å²) in [4.78, 5) is 16.9. The number of nitrogens with one attached hydrogen (secondary N) is 1. The second-order valence-electron chi connectivity index (χ2n) is 5.45. The van der Waals surface area contributed by atoms with Gasteiger partial charge in [-0.25, -0.2) is 18.1 Å². The number of hydrogen-bond donors (Lipinski definition) is 1. The van der Waals surface area contributed by atoms with Crippen LogP contribution in [0.4, 0.5) is 0 Å². The Morgan fingerprint density at radius 2 is 2.00 bits per heavy atom. The monoisotopic (exact) mass is 358 g/mol. The summed E-state index contributed by atoms with van der Waals surface area (Å²) in [6.07, 6.45) is 2.54. The Hall–Kier alpha value is -1.64. The Labute approximate surface area is 140 Å². The SMILES string of the molecule is Cc1nc2cccc3n(CCCCNS(C)(=O)=O)c(=O)c1n23.Cl. The van der Waals surface area contributed by atoms with Crippen molar-refractivity contribution < 1.29 is 8.42 Å². The van der Waals surface area contributed by atoms with Crippen molar-refractivity contribution in [2.45, 2.75) is 26.3 Å². The van der Waals surface area contributed by atoms with Crippen molar-refractivity contribution in [1.29, 1.82) is 0 Å². The first-order valence-electron chi connectivity index (χ1n) is 7.13. The minimum atomic E-state index is -3.15. The Kier molecular flexibility index (Phi) is 4.98. The zero-order valence-corrected chi connectivity index (χ0v) is 14.6. The van der Waals surface area contributed by atoms with Crippen molar-refractivity contribution in [3.8, 4) is 0 Å². The van der Waals surface area contributed by atoms with Crippen LogP contribution in [-0.4, -0.2) is 35.2 Å². The maximum Gasteiger partial charge on any atom is 0.278 e. The van der Waals surface area contributed by atoms with Crippen LogP contribution in [0.25, 0.3) is 16.8 Å². The lowest BCUT2D eigenvalue weighted by atomic mass is 10.3. The largest absolute Gasteiger partial charge is 0.292 e. The zero-order valence-electron chi connectivity index (χ0n) is 12.9. The van der Waals surface area contributed by atoms with Crippen LogP contribution in [0.3, 0.4) is 0 Å². The highest BCUT2D eigenvalue weighted by atomic mass is 35.5. The van der Waals surface area contributed by atoms with E-state index in [-0.39, 0.29) is 18.0 Å². The molecule has 0 aromatic carbocycles. The molecule has 1 N–H and O–H groups in total. The van der Waals surface area contributed by atoms with Crippen molar-refractivity contribution in [3.63, 3.8) is 0 Å². The van der Waals surface area contributed by atoms with E-state index in [1.165, 1.54) is 0 Å². The lowest BCUT2D eigenvalue weighted by Gasteiger charge is -2.05. The maximum atomic E-state index is 12.5. The van der Waals surface area contributed by atoms with E-state index in [1.807, 2.05) is 29.5 Å². The van der Waals surface area contributed by atoms with Gasteiger partial charge in [0.2, 0.25) is 10.0 Å². The Morgan fingerprint density at radius 3 is 2.70 bits per heavy atom. The van der Waals surface area contributed by atoms with Crippen molar-refractivity contribution in [2.24, 2.45) is 0 Å². The molecule has 0 radical (unpaired) electrons. The average Bonchev–Trinajstić information content (AvgIpc) is 2.90. The molecule has 7 nitrogen and oxygen atoms in total. The minimum absolute atomic E-state index is 0. The Bertz CT molecular complexity index is 977. The zero-order chi connectivity index (χ0) is 15.9. The molecule has 0 fully saturated rings. The second kappa shape index (κ2) is 6.46. The van der Waals surface area contributed by atoms with E-state index >= 15 is 0 Å². The van der Waals surface area contributed by atoms with Crippen LogP contribution in [0.2, 0.25) is 0 Å². The standard InChI is InChI=1S/C14H18N4O3S.ClH/c1-10-13-14(19)17(9-4-3-8-15-22(2,20)21)12-7-5-6-11(16-10)18(12)13;/h5-7,15H,3-4,8-9H2,1-2H3;1H. The second-order valence-corrected chi connectivity index (χ2v) is 7.29. The molecule has 0 aliphatic carbocycles. The van der Waals surface area contributed by atoms with Gasteiger partial charge in [0.15, 0.2) is 0 Å². The van der Waals surface area contributed by atoms with Gasteiger partial charge in [0, 0.05) is 13.1 Å². The van der Waals surface area contributed by atoms with E-state index in [4.69, 9.17) is 0 Å². The first-order valence-corrected chi connectivity index (χ1v) is 9.02. The molecule has 3 aromatic heterocycles. The summed E-state index contributed by atoms with van der Waals surface area (Å²) in [5.41, 5.74) is 2.93. The fourth-order valence-corrected chi connectivity index (χ4v) is 3.27. The molecule has 0 atom stereocenters. The maximum absolute atomic E-state index is 12.5. The summed E-state index contributed by atoms with van der Waals surface area (Å²) in [6.45, 7) is 2.78. The van der Waals surface area contributed by atoms with E-state index in [9.17, 15) is 13.2 Å². The average molecular weight is 359 g/mol. The van der Waals surface area contributed by atoms with Gasteiger partial charge in [-0.15, -0.1) is 12.4 Å². The van der Waals surface area contributed by atoms with Crippen molar-refractivity contribution >= 4 is 39.2 Å². The predicted octanol–water partition coefficient (Wildman–Crippen LogP) is 1.15. The molecule has 0 saturated heterocycles. The summed E-state index contributed by atoms with van der Waals surface area (Å²) >= 11 is 0. The van der Waals surface area contributed by atoms with Crippen LogP contribution < -0.4 is 10.3 Å². The van der Waals surface area contributed by atoms with Gasteiger partial charge in [0.05, 0.1) is 11.9 Å². The number of sulfonamides is 1. The van der Waals surface area contributed by atoms with Gasteiger partial charge in [-0.2, -0.15) is 0 Å².